The maximum absolute atomic E-state index is 13.5. The third-order valence-corrected chi connectivity index (χ3v) is 6.34. The molecule has 1 aliphatic heterocycles. The minimum absolute atomic E-state index is 0.0237. The van der Waals surface area contributed by atoms with Crippen molar-refractivity contribution in [3.63, 3.8) is 0 Å². The molecule has 2 fully saturated rings. The van der Waals surface area contributed by atoms with Crippen molar-refractivity contribution in [1.82, 2.24) is 4.90 Å². The first kappa shape index (κ1) is 18.7. The molecule has 1 aliphatic carbocycles. The summed E-state index contributed by atoms with van der Waals surface area (Å²) in [5, 5.41) is 0. The molecule has 0 radical (unpaired) electrons. The van der Waals surface area contributed by atoms with Gasteiger partial charge in [0.15, 0.2) is 0 Å². The predicted octanol–water partition coefficient (Wildman–Crippen LogP) is 5.10. The average Bonchev–Trinajstić information content (AvgIpc) is 3.13. The molecule has 0 unspecified atom stereocenters. The molecule has 4 rings (SSSR count). The van der Waals surface area contributed by atoms with Gasteiger partial charge in [-0.2, -0.15) is 0 Å². The fourth-order valence-corrected chi connectivity index (χ4v) is 4.64. The van der Waals surface area contributed by atoms with E-state index in [0.717, 1.165) is 18.4 Å². The molecule has 3 atom stereocenters. The first-order chi connectivity index (χ1) is 13.4. The lowest BCUT2D eigenvalue weighted by molar-refractivity contribution is -0.124. The highest BCUT2D eigenvalue weighted by Gasteiger charge is 2.53. The van der Waals surface area contributed by atoms with Crippen molar-refractivity contribution in [1.29, 1.82) is 0 Å². The van der Waals surface area contributed by atoms with Gasteiger partial charge in [-0.05, 0) is 41.9 Å². The van der Waals surface area contributed by atoms with Gasteiger partial charge in [0.05, 0.1) is 11.6 Å². The summed E-state index contributed by atoms with van der Waals surface area (Å²) in [5.74, 6) is 0.247. The van der Waals surface area contributed by atoms with E-state index in [-0.39, 0.29) is 29.3 Å². The van der Waals surface area contributed by atoms with Crippen LogP contribution in [0.15, 0.2) is 60.7 Å². The zero-order chi connectivity index (χ0) is 19.9. The SMILES string of the molecule is CC(C)(C)[C@@H]1C[C@H]2C(=O)N(c3ccccc3)C(=O)N(Cc3ccccc3)[C@H]2C1. The Kier molecular flexibility index (Phi) is 4.74. The van der Waals surface area contributed by atoms with E-state index >= 15 is 0 Å². The van der Waals surface area contributed by atoms with Crippen LogP contribution in [0.1, 0.15) is 39.2 Å². The Hall–Kier alpha value is -2.62. The molecule has 1 saturated heterocycles. The topological polar surface area (TPSA) is 40.6 Å². The minimum Gasteiger partial charge on any atom is -0.316 e. The van der Waals surface area contributed by atoms with Crippen LogP contribution < -0.4 is 4.90 Å². The summed E-state index contributed by atoms with van der Waals surface area (Å²) in [6, 6.07) is 19.2. The number of imide groups is 1. The van der Waals surface area contributed by atoms with Crippen LogP contribution in [-0.4, -0.2) is 22.9 Å². The Balaban J connectivity index is 1.72. The molecule has 3 amide bonds. The quantitative estimate of drug-likeness (QED) is 0.748. The van der Waals surface area contributed by atoms with Gasteiger partial charge in [0.2, 0.25) is 5.91 Å². The zero-order valence-electron chi connectivity index (χ0n) is 16.8. The van der Waals surface area contributed by atoms with E-state index < -0.39 is 0 Å². The molecule has 0 spiro atoms. The summed E-state index contributed by atoms with van der Waals surface area (Å²) in [7, 11) is 0. The second kappa shape index (κ2) is 7.08. The molecule has 2 aliphatic rings. The van der Waals surface area contributed by atoms with E-state index in [1.807, 2.05) is 65.6 Å². The highest BCUT2D eigenvalue weighted by Crippen LogP contribution is 2.47. The van der Waals surface area contributed by atoms with Crippen LogP contribution in [0.25, 0.3) is 0 Å². The number of hydrogen-bond donors (Lipinski definition) is 0. The molecular weight excluding hydrogens is 348 g/mol. The zero-order valence-corrected chi connectivity index (χ0v) is 16.8. The first-order valence-corrected chi connectivity index (χ1v) is 10.1. The van der Waals surface area contributed by atoms with Crippen molar-refractivity contribution in [2.24, 2.45) is 17.3 Å². The van der Waals surface area contributed by atoms with Crippen molar-refractivity contribution in [3.05, 3.63) is 66.2 Å². The van der Waals surface area contributed by atoms with Gasteiger partial charge < -0.3 is 4.90 Å². The third kappa shape index (κ3) is 3.32. The molecule has 146 valence electrons. The molecule has 4 nitrogen and oxygen atoms in total. The lowest BCUT2D eigenvalue weighted by atomic mass is 9.79. The fourth-order valence-electron chi connectivity index (χ4n) is 4.64. The van der Waals surface area contributed by atoms with Gasteiger partial charge >= 0.3 is 6.03 Å². The highest BCUT2D eigenvalue weighted by atomic mass is 16.2. The summed E-state index contributed by atoms with van der Waals surface area (Å²) >= 11 is 0. The Morgan fingerprint density at radius 3 is 2.11 bits per heavy atom. The molecule has 4 heteroatoms. The van der Waals surface area contributed by atoms with Gasteiger partial charge in [-0.3, -0.25) is 4.79 Å². The second-order valence-corrected chi connectivity index (χ2v) is 9.11. The number of hydrogen-bond acceptors (Lipinski definition) is 2. The number of urea groups is 1. The largest absolute Gasteiger partial charge is 0.331 e. The smallest absolute Gasteiger partial charge is 0.316 e. The molecule has 2 aromatic rings. The third-order valence-electron chi connectivity index (χ3n) is 6.34. The summed E-state index contributed by atoms with van der Waals surface area (Å²) in [5.41, 5.74) is 1.88. The van der Waals surface area contributed by atoms with Crippen molar-refractivity contribution in [2.75, 3.05) is 4.90 Å². The number of fused-ring (bicyclic) bond motifs is 1. The number of para-hydroxylation sites is 1. The predicted molar refractivity (Wildman–Crippen MR) is 111 cm³/mol. The maximum atomic E-state index is 13.5. The molecule has 2 aromatic carbocycles. The number of carbonyl (C=O) groups is 2. The van der Waals surface area contributed by atoms with E-state index in [1.54, 1.807) is 0 Å². The summed E-state index contributed by atoms with van der Waals surface area (Å²) in [6.07, 6.45) is 1.73. The van der Waals surface area contributed by atoms with Crippen LogP contribution in [0.3, 0.4) is 0 Å². The lowest BCUT2D eigenvalue weighted by Crippen LogP contribution is -2.60. The average molecular weight is 377 g/mol. The number of benzene rings is 2. The van der Waals surface area contributed by atoms with E-state index in [2.05, 4.69) is 20.8 Å². The Morgan fingerprint density at radius 1 is 0.893 bits per heavy atom. The van der Waals surface area contributed by atoms with Gasteiger partial charge in [-0.25, -0.2) is 9.69 Å². The van der Waals surface area contributed by atoms with E-state index in [9.17, 15) is 9.59 Å². The number of anilines is 1. The Bertz CT molecular complexity index is 857. The maximum Gasteiger partial charge on any atom is 0.331 e. The normalized spacial score (nSPS) is 25.2. The molecule has 0 N–H and O–H groups in total. The molecule has 0 bridgehead atoms. The summed E-state index contributed by atoms with van der Waals surface area (Å²) in [4.78, 5) is 30.2. The summed E-state index contributed by atoms with van der Waals surface area (Å²) in [6.45, 7) is 7.24. The Labute approximate surface area is 167 Å². The summed E-state index contributed by atoms with van der Waals surface area (Å²) < 4.78 is 0. The molecular formula is C24H28N2O2. The Morgan fingerprint density at radius 2 is 1.50 bits per heavy atom. The highest BCUT2D eigenvalue weighted by molar-refractivity contribution is 6.17. The van der Waals surface area contributed by atoms with E-state index in [0.29, 0.717) is 18.2 Å². The van der Waals surface area contributed by atoms with Crippen LogP contribution in [0.4, 0.5) is 10.5 Å². The van der Waals surface area contributed by atoms with Crippen LogP contribution in [-0.2, 0) is 11.3 Å². The molecule has 0 aromatic heterocycles. The standard InChI is InChI=1S/C24H28N2O2/c1-24(2,3)18-14-20-21(15-18)25(16-17-10-6-4-7-11-17)23(28)26(22(20)27)19-12-8-5-9-13-19/h4-13,18,20-21H,14-16H2,1-3H3/t18-,20-,21+/m1/s1. The second-order valence-electron chi connectivity index (χ2n) is 9.11. The number of nitrogens with zero attached hydrogens (tertiary/aromatic N) is 2. The number of amides is 3. The van der Waals surface area contributed by atoms with Crippen LogP contribution in [0.5, 0.6) is 0 Å². The van der Waals surface area contributed by atoms with Gasteiger partial charge in [0.25, 0.3) is 0 Å². The van der Waals surface area contributed by atoms with E-state index in [4.69, 9.17) is 0 Å². The fraction of sp³-hybridized carbons (Fsp3) is 0.417. The minimum atomic E-state index is -0.198. The lowest BCUT2D eigenvalue weighted by Gasteiger charge is -2.42. The monoisotopic (exact) mass is 376 g/mol. The molecule has 28 heavy (non-hydrogen) atoms. The van der Waals surface area contributed by atoms with Crippen molar-refractivity contribution in [3.8, 4) is 0 Å². The molecule has 1 saturated carbocycles. The van der Waals surface area contributed by atoms with E-state index in [1.165, 1.54) is 4.90 Å². The van der Waals surface area contributed by atoms with Gasteiger partial charge in [0.1, 0.15) is 0 Å². The number of carbonyl (C=O) groups excluding carboxylic acids is 2. The molecule has 1 heterocycles. The first-order valence-electron chi connectivity index (χ1n) is 10.1. The van der Waals surface area contributed by atoms with Crippen molar-refractivity contribution in [2.45, 2.75) is 46.2 Å². The van der Waals surface area contributed by atoms with Crippen LogP contribution in [0.2, 0.25) is 0 Å². The van der Waals surface area contributed by atoms with Gasteiger partial charge in [-0.1, -0.05) is 69.3 Å². The number of rotatable bonds is 3. The van der Waals surface area contributed by atoms with Crippen LogP contribution >= 0.6 is 0 Å². The van der Waals surface area contributed by atoms with Crippen molar-refractivity contribution < 1.29 is 9.59 Å². The van der Waals surface area contributed by atoms with Crippen LogP contribution in [0, 0.1) is 17.3 Å². The van der Waals surface area contributed by atoms with Gasteiger partial charge in [0, 0.05) is 12.6 Å². The van der Waals surface area contributed by atoms with Gasteiger partial charge in [-0.15, -0.1) is 0 Å². The van der Waals surface area contributed by atoms with Crippen molar-refractivity contribution >= 4 is 17.6 Å².